The van der Waals surface area contributed by atoms with Crippen molar-refractivity contribution < 1.29 is 4.79 Å². The van der Waals surface area contributed by atoms with Crippen molar-refractivity contribution in [2.24, 2.45) is 0 Å². The average Bonchev–Trinajstić information content (AvgIpc) is 2.75. The van der Waals surface area contributed by atoms with E-state index in [9.17, 15) is 4.79 Å². The summed E-state index contributed by atoms with van der Waals surface area (Å²) in [5, 5.41) is 5.74. The molecule has 0 saturated carbocycles. The molecule has 4 rings (SSSR count). The summed E-state index contributed by atoms with van der Waals surface area (Å²) in [4.78, 5) is 21.8. The number of hydrogen-bond donors (Lipinski definition) is 1. The van der Waals surface area contributed by atoms with E-state index in [-0.39, 0.29) is 11.7 Å². The minimum atomic E-state index is -0.223. The molecule has 0 radical (unpaired) electrons. The maximum Gasteiger partial charge on any atom is 0.234 e. The number of fused-ring (bicyclic) bond motifs is 1. The lowest BCUT2D eigenvalue weighted by Crippen LogP contribution is -2.14. The number of carbonyl (C=O) groups is 1. The minimum absolute atomic E-state index is 0.135. The second-order valence-corrected chi connectivity index (χ2v) is 8.59. The van der Waals surface area contributed by atoms with Crippen molar-refractivity contribution in [3.05, 3.63) is 81.8 Å². The van der Waals surface area contributed by atoms with E-state index < -0.39 is 0 Å². The van der Waals surface area contributed by atoms with Crippen molar-refractivity contribution >= 4 is 69.1 Å². The van der Waals surface area contributed by atoms with Crippen LogP contribution in [-0.2, 0) is 4.79 Å². The number of thioether (sulfide) groups is 1. The predicted octanol–water partition coefficient (Wildman–Crippen LogP) is 6.99. The minimum Gasteiger partial charge on any atom is -0.324 e. The summed E-state index contributed by atoms with van der Waals surface area (Å²) in [5.41, 5.74) is 2.12. The van der Waals surface area contributed by atoms with Crippen LogP contribution in [0.1, 0.15) is 0 Å². The van der Waals surface area contributed by atoms with Crippen LogP contribution in [0.2, 0.25) is 15.1 Å². The Balaban J connectivity index is 1.61. The molecule has 0 unspecified atom stereocenters. The van der Waals surface area contributed by atoms with Gasteiger partial charge in [-0.1, -0.05) is 76.9 Å². The molecule has 0 aliphatic carbocycles. The van der Waals surface area contributed by atoms with Crippen molar-refractivity contribution in [3.63, 3.8) is 0 Å². The molecule has 0 atom stereocenters. The molecule has 4 aromatic rings. The summed E-state index contributed by atoms with van der Waals surface area (Å²) in [6.45, 7) is 0. The van der Waals surface area contributed by atoms with Gasteiger partial charge >= 0.3 is 0 Å². The normalized spacial score (nSPS) is 10.9. The van der Waals surface area contributed by atoms with Gasteiger partial charge in [0.1, 0.15) is 5.03 Å². The number of anilines is 1. The van der Waals surface area contributed by atoms with E-state index in [4.69, 9.17) is 34.8 Å². The predicted molar refractivity (Wildman–Crippen MR) is 126 cm³/mol. The SMILES string of the molecule is O=C(CSc1nc(-c2ccccc2)nc2ccc(Cl)cc12)Nc1cc(Cl)ccc1Cl. The Morgan fingerprint density at radius 1 is 0.900 bits per heavy atom. The first-order chi connectivity index (χ1) is 14.5. The maximum absolute atomic E-state index is 12.5. The number of nitrogens with zero attached hydrogens (tertiary/aromatic N) is 2. The van der Waals surface area contributed by atoms with Gasteiger partial charge in [-0.25, -0.2) is 9.97 Å². The Labute approximate surface area is 192 Å². The van der Waals surface area contributed by atoms with Crippen LogP contribution < -0.4 is 5.32 Å². The summed E-state index contributed by atoms with van der Waals surface area (Å²) < 4.78 is 0. The Bertz CT molecular complexity index is 1240. The molecule has 0 spiro atoms. The van der Waals surface area contributed by atoms with Gasteiger partial charge < -0.3 is 5.32 Å². The molecule has 0 saturated heterocycles. The molecule has 3 aromatic carbocycles. The first-order valence-corrected chi connectivity index (χ1v) is 11.0. The molecule has 1 amide bonds. The fraction of sp³-hybridized carbons (Fsp3) is 0.0455. The molecule has 1 N–H and O–H groups in total. The molecule has 0 aliphatic heterocycles. The molecule has 0 aliphatic rings. The zero-order valence-electron chi connectivity index (χ0n) is 15.4. The van der Waals surface area contributed by atoms with E-state index in [0.29, 0.717) is 31.6 Å². The highest BCUT2D eigenvalue weighted by molar-refractivity contribution is 8.00. The number of nitrogens with one attached hydrogen (secondary N) is 1. The fourth-order valence-electron chi connectivity index (χ4n) is 2.81. The molecule has 4 nitrogen and oxygen atoms in total. The molecule has 0 bridgehead atoms. The third-order valence-corrected chi connectivity index (χ3v) is 5.99. The molecule has 30 heavy (non-hydrogen) atoms. The summed E-state index contributed by atoms with van der Waals surface area (Å²) >= 11 is 19.6. The highest BCUT2D eigenvalue weighted by Crippen LogP contribution is 2.31. The molecule has 8 heteroatoms. The van der Waals surface area contributed by atoms with Crippen molar-refractivity contribution in [1.82, 2.24) is 9.97 Å². The monoisotopic (exact) mass is 473 g/mol. The van der Waals surface area contributed by atoms with Crippen LogP contribution in [0.3, 0.4) is 0 Å². The van der Waals surface area contributed by atoms with Crippen molar-refractivity contribution in [1.29, 1.82) is 0 Å². The van der Waals surface area contributed by atoms with E-state index in [0.717, 1.165) is 16.5 Å². The number of amides is 1. The van der Waals surface area contributed by atoms with Crippen molar-refractivity contribution in [3.8, 4) is 11.4 Å². The van der Waals surface area contributed by atoms with Gasteiger partial charge in [-0.3, -0.25) is 4.79 Å². The fourth-order valence-corrected chi connectivity index (χ4v) is 4.13. The smallest absolute Gasteiger partial charge is 0.234 e. The summed E-state index contributed by atoms with van der Waals surface area (Å²) in [6, 6.07) is 20.0. The van der Waals surface area contributed by atoms with E-state index in [2.05, 4.69) is 15.3 Å². The van der Waals surface area contributed by atoms with Gasteiger partial charge in [-0.2, -0.15) is 0 Å². The Morgan fingerprint density at radius 2 is 1.63 bits per heavy atom. The van der Waals surface area contributed by atoms with E-state index >= 15 is 0 Å². The third-order valence-electron chi connectivity index (χ3n) is 4.20. The number of hydrogen-bond acceptors (Lipinski definition) is 4. The van der Waals surface area contributed by atoms with Crippen molar-refractivity contribution in [2.45, 2.75) is 5.03 Å². The molecular formula is C22H14Cl3N3OS. The number of carbonyl (C=O) groups excluding carboxylic acids is 1. The molecule has 150 valence electrons. The standard InChI is InChI=1S/C22H14Cl3N3OS/c23-14-7-9-18-16(10-14)22(28-21(27-18)13-4-2-1-3-5-13)30-12-20(29)26-19-11-15(24)6-8-17(19)25/h1-11H,12H2,(H,26,29). The molecule has 1 heterocycles. The second-order valence-electron chi connectivity index (χ2n) is 6.34. The first kappa shape index (κ1) is 20.9. The Hall–Kier alpha value is -2.31. The van der Waals surface area contributed by atoms with E-state index in [1.54, 1.807) is 30.3 Å². The third kappa shape index (κ3) is 4.87. The summed E-state index contributed by atoms with van der Waals surface area (Å²) in [5.74, 6) is 0.501. The van der Waals surface area contributed by atoms with Crippen LogP contribution in [0.5, 0.6) is 0 Å². The van der Waals surface area contributed by atoms with Gasteiger partial charge in [0.05, 0.1) is 22.0 Å². The quantitative estimate of drug-likeness (QED) is 0.250. The lowest BCUT2D eigenvalue weighted by atomic mass is 10.2. The summed E-state index contributed by atoms with van der Waals surface area (Å²) in [6.07, 6.45) is 0. The largest absolute Gasteiger partial charge is 0.324 e. The Kier molecular flexibility index (Phi) is 6.44. The van der Waals surface area contributed by atoms with Gasteiger partial charge in [0, 0.05) is 21.0 Å². The lowest BCUT2D eigenvalue weighted by Gasteiger charge is -2.10. The first-order valence-electron chi connectivity index (χ1n) is 8.90. The van der Waals surface area contributed by atoms with Gasteiger partial charge in [-0.05, 0) is 36.4 Å². The summed E-state index contributed by atoms with van der Waals surface area (Å²) in [7, 11) is 0. The van der Waals surface area contributed by atoms with E-state index in [1.165, 1.54) is 11.8 Å². The number of halogens is 3. The zero-order chi connectivity index (χ0) is 21.1. The topological polar surface area (TPSA) is 54.9 Å². The molecule has 1 aromatic heterocycles. The number of aromatic nitrogens is 2. The van der Waals surface area contributed by atoms with Gasteiger partial charge in [-0.15, -0.1) is 0 Å². The van der Waals surface area contributed by atoms with Gasteiger partial charge in [0.2, 0.25) is 5.91 Å². The van der Waals surface area contributed by atoms with Crippen molar-refractivity contribution in [2.75, 3.05) is 11.1 Å². The van der Waals surface area contributed by atoms with E-state index in [1.807, 2.05) is 36.4 Å². The van der Waals surface area contributed by atoms with Crippen LogP contribution in [-0.4, -0.2) is 21.6 Å². The molecular weight excluding hydrogens is 461 g/mol. The van der Waals surface area contributed by atoms with Crippen LogP contribution in [0.4, 0.5) is 5.69 Å². The number of benzene rings is 3. The van der Waals surface area contributed by atoms with Crippen LogP contribution in [0.25, 0.3) is 22.3 Å². The maximum atomic E-state index is 12.5. The highest BCUT2D eigenvalue weighted by Gasteiger charge is 2.13. The second kappa shape index (κ2) is 9.23. The van der Waals surface area contributed by atoms with Gasteiger partial charge in [0.15, 0.2) is 5.82 Å². The zero-order valence-corrected chi connectivity index (χ0v) is 18.5. The van der Waals surface area contributed by atoms with Gasteiger partial charge in [0.25, 0.3) is 0 Å². The van der Waals surface area contributed by atoms with Crippen LogP contribution in [0.15, 0.2) is 71.8 Å². The van der Waals surface area contributed by atoms with Crippen LogP contribution in [0, 0.1) is 0 Å². The number of rotatable bonds is 5. The molecule has 0 fully saturated rings. The Morgan fingerprint density at radius 3 is 2.43 bits per heavy atom. The average molecular weight is 475 g/mol. The lowest BCUT2D eigenvalue weighted by molar-refractivity contribution is -0.113. The van der Waals surface area contributed by atoms with Crippen LogP contribution >= 0.6 is 46.6 Å². The highest BCUT2D eigenvalue weighted by atomic mass is 35.5.